The first-order valence-corrected chi connectivity index (χ1v) is 10.6. The van der Waals surface area contributed by atoms with Crippen LogP contribution in [0.4, 0.5) is 0 Å². The smallest absolute Gasteiger partial charge is 0.0137 e. The maximum Gasteiger partial charge on any atom is 0.0137 e. The quantitative estimate of drug-likeness (QED) is 0.204. The number of unbranched alkanes of at least 4 members (excludes halogenated alkanes) is 14. The van der Waals surface area contributed by atoms with Crippen molar-refractivity contribution < 1.29 is 0 Å². The van der Waals surface area contributed by atoms with Gasteiger partial charge in [0.25, 0.3) is 0 Å². The molecular weight excluding hydrogens is 278 g/mol. The molecule has 138 valence electrons. The topological polar surface area (TPSA) is 12.0 Å². The molecule has 0 radical (unpaired) electrons. The molecule has 0 saturated heterocycles. The molecular formula is C22H45N. The summed E-state index contributed by atoms with van der Waals surface area (Å²) in [5.41, 5.74) is 1.41. The summed E-state index contributed by atoms with van der Waals surface area (Å²) in [5, 5.41) is 3.49. The molecule has 0 aliphatic rings. The predicted octanol–water partition coefficient (Wildman–Crippen LogP) is 7.41. The lowest BCUT2D eigenvalue weighted by Gasteiger charge is -2.04. The Hall–Kier alpha value is -0.300. The van der Waals surface area contributed by atoms with E-state index in [0.29, 0.717) is 0 Å². The molecule has 0 unspecified atom stereocenters. The van der Waals surface area contributed by atoms with E-state index in [0.717, 1.165) is 6.54 Å². The number of hydrogen-bond acceptors (Lipinski definition) is 1. The van der Waals surface area contributed by atoms with Crippen LogP contribution >= 0.6 is 0 Å². The lowest BCUT2D eigenvalue weighted by atomic mass is 10.0. The van der Waals surface area contributed by atoms with Crippen LogP contribution in [0.2, 0.25) is 0 Å². The largest absolute Gasteiger partial charge is 0.313 e. The van der Waals surface area contributed by atoms with E-state index in [9.17, 15) is 0 Å². The average Bonchev–Trinajstić information content (AvgIpc) is 2.53. The lowest BCUT2D eigenvalue weighted by molar-refractivity contribution is 0.529. The van der Waals surface area contributed by atoms with Crippen LogP contribution < -0.4 is 5.32 Å². The second-order valence-corrected chi connectivity index (χ2v) is 7.44. The number of nitrogens with one attached hydrogen (secondary N) is 1. The van der Waals surface area contributed by atoms with Crippen molar-refractivity contribution in [2.75, 3.05) is 13.1 Å². The fourth-order valence-corrected chi connectivity index (χ4v) is 3.00. The van der Waals surface area contributed by atoms with Crippen molar-refractivity contribution >= 4 is 0 Å². The molecule has 0 spiro atoms. The molecule has 0 heterocycles. The Morgan fingerprint density at radius 2 is 1.00 bits per heavy atom. The summed E-state index contributed by atoms with van der Waals surface area (Å²) in [7, 11) is 0. The molecule has 23 heavy (non-hydrogen) atoms. The third-order valence-corrected chi connectivity index (χ3v) is 4.61. The summed E-state index contributed by atoms with van der Waals surface area (Å²) in [5.74, 6) is 0. The average molecular weight is 324 g/mol. The molecule has 0 saturated carbocycles. The third kappa shape index (κ3) is 21.7. The van der Waals surface area contributed by atoms with Gasteiger partial charge in [-0.1, -0.05) is 108 Å². The predicted molar refractivity (Wildman–Crippen MR) is 107 cm³/mol. The van der Waals surface area contributed by atoms with Crippen molar-refractivity contribution in [3.05, 3.63) is 11.6 Å². The van der Waals surface area contributed by atoms with Gasteiger partial charge in [-0.05, 0) is 26.8 Å². The van der Waals surface area contributed by atoms with E-state index in [1.54, 1.807) is 0 Å². The molecule has 0 aliphatic carbocycles. The first-order chi connectivity index (χ1) is 11.3. The zero-order chi connectivity index (χ0) is 17.0. The number of rotatable bonds is 18. The van der Waals surface area contributed by atoms with E-state index in [-0.39, 0.29) is 0 Å². The van der Waals surface area contributed by atoms with Crippen molar-refractivity contribution in [1.82, 2.24) is 5.32 Å². The Morgan fingerprint density at radius 3 is 1.39 bits per heavy atom. The standard InChI is InChI=1S/C22H45N/c1-4-5-6-7-8-9-10-11-12-13-14-15-16-17-18-20-23-21-19-22(2)3/h19,23H,4-18,20-21H2,1-3H3. The highest BCUT2D eigenvalue weighted by Gasteiger charge is 1.94. The van der Waals surface area contributed by atoms with Crippen LogP contribution in [0, 0.1) is 0 Å². The van der Waals surface area contributed by atoms with Gasteiger partial charge in [-0.15, -0.1) is 0 Å². The van der Waals surface area contributed by atoms with Gasteiger partial charge in [0.05, 0.1) is 0 Å². The van der Waals surface area contributed by atoms with Crippen molar-refractivity contribution in [1.29, 1.82) is 0 Å². The third-order valence-electron chi connectivity index (χ3n) is 4.61. The minimum absolute atomic E-state index is 1.04. The Morgan fingerprint density at radius 1 is 0.609 bits per heavy atom. The second-order valence-electron chi connectivity index (χ2n) is 7.44. The maximum atomic E-state index is 3.49. The van der Waals surface area contributed by atoms with Gasteiger partial charge in [0.15, 0.2) is 0 Å². The van der Waals surface area contributed by atoms with Crippen LogP contribution in [0.15, 0.2) is 11.6 Å². The van der Waals surface area contributed by atoms with Crippen LogP contribution in [-0.4, -0.2) is 13.1 Å². The van der Waals surface area contributed by atoms with Crippen LogP contribution in [0.3, 0.4) is 0 Å². The molecule has 0 fully saturated rings. The Kier molecular flexibility index (Phi) is 19.5. The fourth-order valence-electron chi connectivity index (χ4n) is 3.00. The minimum atomic E-state index is 1.04. The van der Waals surface area contributed by atoms with E-state index >= 15 is 0 Å². The van der Waals surface area contributed by atoms with Gasteiger partial charge in [0, 0.05) is 6.54 Å². The first-order valence-electron chi connectivity index (χ1n) is 10.6. The van der Waals surface area contributed by atoms with Gasteiger partial charge in [-0.25, -0.2) is 0 Å². The van der Waals surface area contributed by atoms with Gasteiger partial charge in [0.2, 0.25) is 0 Å². The van der Waals surface area contributed by atoms with E-state index in [1.807, 2.05) is 0 Å². The normalized spacial score (nSPS) is 10.9. The van der Waals surface area contributed by atoms with Gasteiger partial charge in [-0.2, -0.15) is 0 Å². The highest BCUT2D eigenvalue weighted by atomic mass is 14.8. The SMILES string of the molecule is CCCCCCCCCCCCCCCCCNCC=C(C)C. The molecule has 0 bridgehead atoms. The molecule has 0 rings (SSSR count). The monoisotopic (exact) mass is 323 g/mol. The highest BCUT2D eigenvalue weighted by molar-refractivity contribution is 4.94. The zero-order valence-electron chi connectivity index (χ0n) is 16.6. The van der Waals surface area contributed by atoms with Crippen LogP contribution in [0.1, 0.15) is 117 Å². The molecule has 0 atom stereocenters. The fraction of sp³-hybridized carbons (Fsp3) is 0.909. The molecule has 1 nitrogen and oxygen atoms in total. The van der Waals surface area contributed by atoms with E-state index < -0.39 is 0 Å². The summed E-state index contributed by atoms with van der Waals surface area (Å²) >= 11 is 0. The van der Waals surface area contributed by atoms with Crippen LogP contribution in [-0.2, 0) is 0 Å². The maximum absolute atomic E-state index is 3.49. The van der Waals surface area contributed by atoms with Crippen LogP contribution in [0.25, 0.3) is 0 Å². The van der Waals surface area contributed by atoms with E-state index in [1.165, 1.54) is 108 Å². The van der Waals surface area contributed by atoms with Gasteiger partial charge in [0.1, 0.15) is 0 Å². The zero-order valence-corrected chi connectivity index (χ0v) is 16.6. The van der Waals surface area contributed by atoms with Crippen LogP contribution in [0.5, 0.6) is 0 Å². The summed E-state index contributed by atoms with van der Waals surface area (Å²) in [4.78, 5) is 0. The van der Waals surface area contributed by atoms with E-state index in [4.69, 9.17) is 0 Å². The minimum Gasteiger partial charge on any atom is -0.313 e. The van der Waals surface area contributed by atoms with Crippen molar-refractivity contribution in [2.45, 2.75) is 117 Å². The second kappa shape index (κ2) is 19.7. The summed E-state index contributed by atoms with van der Waals surface area (Å²) in [6.45, 7) is 8.84. The number of hydrogen-bond donors (Lipinski definition) is 1. The van der Waals surface area contributed by atoms with Gasteiger partial charge >= 0.3 is 0 Å². The Balaban J connectivity index is 2.99. The van der Waals surface area contributed by atoms with Crippen molar-refractivity contribution in [3.8, 4) is 0 Å². The molecule has 0 aliphatic heterocycles. The molecule has 0 amide bonds. The van der Waals surface area contributed by atoms with Crippen molar-refractivity contribution in [3.63, 3.8) is 0 Å². The lowest BCUT2D eigenvalue weighted by Crippen LogP contribution is -2.15. The Bertz CT molecular complexity index is 240. The highest BCUT2D eigenvalue weighted by Crippen LogP contribution is 2.13. The molecule has 0 aromatic carbocycles. The van der Waals surface area contributed by atoms with Gasteiger partial charge in [-0.3, -0.25) is 0 Å². The number of allylic oxidation sites excluding steroid dienone is 1. The first kappa shape index (κ1) is 22.7. The summed E-state index contributed by atoms with van der Waals surface area (Å²) in [6.07, 6.45) is 23.9. The molecule has 0 aromatic rings. The van der Waals surface area contributed by atoms with Crippen molar-refractivity contribution in [2.24, 2.45) is 0 Å². The Labute approximate surface area is 147 Å². The molecule has 0 aromatic heterocycles. The summed E-state index contributed by atoms with van der Waals surface area (Å²) in [6, 6.07) is 0. The molecule has 1 heteroatoms. The molecule has 1 N–H and O–H groups in total. The summed E-state index contributed by atoms with van der Waals surface area (Å²) < 4.78 is 0. The van der Waals surface area contributed by atoms with E-state index in [2.05, 4.69) is 32.2 Å². The van der Waals surface area contributed by atoms with Gasteiger partial charge < -0.3 is 5.32 Å².